The molecule has 0 radical (unpaired) electrons. The Morgan fingerprint density at radius 2 is 1.58 bits per heavy atom. The van der Waals surface area contributed by atoms with Crippen LogP contribution in [0.3, 0.4) is 0 Å². The van der Waals surface area contributed by atoms with Crippen LogP contribution in [0.5, 0.6) is 0 Å². The topological polar surface area (TPSA) is 205 Å². The molecule has 200 valence electrons. The highest BCUT2D eigenvalue weighted by atomic mass is 16.4. The Hall–Kier alpha value is -3.77. The van der Waals surface area contributed by atoms with Gasteiger partial charge >= 0.3 is 12.0 Å². The minimum absolute atomic E-state index is 0.0106. The Morgan fingerprint density at radius 1 is 0.944 bits per heavy atom. The van der Waals surface area contributed by atoms with E-state index in [9.17, 15) is 38.7 Å². The number of carbonyl (C=O) groups excluding carboxylic acids is 6. The van der Waals surface area contributed by atoms with Crippen LogP contribution in [0.15, 0.2) is 12.2 Å². The highest BCUT2D eigenvalue weighted by Gasteiger charge is 2.29. The van der Waals surface area contributed by atoms with Gasteiger partial charge in [-0.3, -0.25) is 33.7 Å². The van der Waals surface area contributed by atoms with Crippen molar-refractivity contribution in [1.29, 1.82) is 0 Å². The van der Waals surface area contributed by atoms with Crippen molar-refractivity contribution in [2.45, 2.75) is 70.9 Å². The van der Waals surface area contributed by atoms with E-state index in [2.05, 4.69) is 16.0 Å². The first kappa shape index (κ1) is 30.3. The summed E-state index contributed by atoms with van der Waals surface area (Å²) in [6, 6.07) is -3.02. The van der Waals surface area contributed by atoms with E-state index < -0.39 is 48.2 Å². The maximum absolute atomic E-state index is 12.8. The standard InChI is InChI=1S/C23H35N5O8/c1-14(2)21(34)15(7-6-11-25-23(24)36)27-22(35)16(13-20(32)33)26-17(29)8-4-3-5-12-28-18(30)9-10-19(28)31/h9-10,14-16H,3-8,11-13H2,1-2H3,(H,26,29)(H,27,35)(H,32,33)(H3,24,25,36)/t15-,16?/m0/s1. The average molecular weight is 510 g/mol. The highest BCUT2D eigenvalue weighted by Crippen LogP contribution is 2.09. The van der Waals surface area contributed by atoms with Gasteiger partial charge in [0.2, 0.25) is 11.8 Å². The third-order valence-electron chi connectivity index (χ3n) is 5.41. The number of urea groups is 1. The fourth-order valence-corrected chi connectivity index (χ4v) is 3.51. The van der Waals surface area contributed by atoms with Crippen molar-refractivity contribution in [3.05, 3.63) is 12.2 Å². The minimum Gasteiger partial charge on any atom is -0.481 e. The number of hydrogen-bond acceptors (Lipinski definition) is 7. The lowest BCUT2D eigenvalue weighted by Crippen LogP contribution is -2.53. The lowest BCUT2D eigenvalue weighted by molar-refractivity contribution is -0.141. The molecule has 0 saturated heterocycles. The van der Waals surface area contributed by atoms with Crippen LogP contribution in [-0.4, -0.2) is 76.6 Å². The second kappa shape index (κ2) is 15.3. The molecule has 0 saturated carbocycles. The molecule has 0 spiro atoms. The van der Waals surface area contributed by atoms with Crippen LogP contribution in [-0.2, 0) is 28.8 Å². The summed E-state index contributed by atoms with van der Waals surface area (Å²) in [7, 11) is 0. The van der Waals surface area contributed by atoms with Gasteiger partial charge in [-0.15, -0.1) is 0 Å². The number of ketones is 1. The van der Waals surface area contributed by atoms with Crippen LogP contribution in [0, 0.1) is 5.92 Å². The molecule has 6 amide bonds. The van der Waals surface area contributed by atoms with Crippen molar-refractivity contribution in [2.24, 2.45) is 11.7 Å². The number of unbranched alkanes of at least 4 members (excludes halogenated alkanes) is 2. The molecule has 1 heterocycles. The van der Waals surface area contributed by atoms with Gasteiger partial charge < -0.3 is 26.8 Å². The van der Waals surface area contributed by atoms with Gasteiger partial charge in [0.1, 0.15) is 6.04 Å². The highest BCUT2D eigenvalue weighted by molar-refractivity contribution is 6.12. The predicted octanol–water partition coefficient (Wildman–Crippen LogP) is -0.410. The number of nitrogens with zero attached hydrogens (tertiary/aromatic N) is 1. The molecule has 1 aliphatic heterocycles. The predicted molar refractivity (Wildman–Crippen MR) is 127 cm³/mol. The number of hydrogen-bond donors (Lipinski definition) is 5. The summed E-state index contributed by atoms with van der Waals surface area (Å²) in [5, 5.41) is 16.5. The van der Waals surface area contributed by atoms with Gasteiger partial charge in [0.25, 0.3) is 11.8 Å². The summed E-state index contributed by atoms with van der Waals surface area (Å²) in [5.41, 5.74) is 5.01. The first-order valence-corrected chi connectivity index (χ1v) is 11.8. The van der Waals surface area contributed by atoms with E-state index in [1.807, 2.05) is 0 Å². The number of carboxylic acid groups (broad SMARTS) is 1. The van der Waals surface area contributed by atoms with Crippen LogP contribution in [0.2, 0.25) is 0 Å². The maximum Gasteiger partial charge on any atom is 0.312 e. The Labute approximate surface area is 209 Å². The maximum atomic E-state index is 12.8. The summed E-state index contributed by atoms with van der Waals surface area (Å²) >= 11 is 0. The quantitative estimate of drug-likeness (QED) is 0.128. The van der Waals surface area contributed by atoms with E-state index in [4.69, 9.17) is 5.73 Å². The van der Waals surface area contributed by atoms with Gasteiger partial charge in [-0.05, 0) is 25.7 Å². The molecule has 0 aliphatic carbocycles. The van der Waals surface area contributed by atoms with Gasteiger partial charge in [0.15, 0.2) is 5.78 Å². The number of primary amides is 1. The van der Waals surface area contributed by atoms with Crippen LogP contribution < -0.4 is 21.7 Å². The van der Waals surface area contributed by atoms with E-state index in [0.717, 1.165) is 4.90 Å². The Bertz CT molecular complexity index is 868. The molecule has 2 atom stereocenters. The van der Waals surface area contributed by atoms with Gasteiger partial charge in [0, 0.05) is 37.6 Å². The number of imide groups is 1. The van der Waals surface area contributed by atoms with Gasteiger partial charge in [-0.1, -0.05) is 20.3 Å². The molecular formula is C23H35N5O8. The van der Waals surface area contributed by atoms with E-state index in [0.29, 0.717) is 25.7 Å². The van der Waals surface area contributed by atoms with Crippen molar-refractivity contribution < 1.29 is 38.7 Å². The molecule has 13 heteroatoms. The molecule has 1 rings (SSSR count). The molecule has 0 bridgehead atoms. The van der Waals surface area contributed by atoms with Crippen molar-refractivity contribution in [2.75, 3.05) is 13.1 Å². The van der Waals surface area contributed by atoms with E-state index in [-0.39, 0.29) is 43.5 Å². The van der Waals surface area contributed by atoms with E-state index >= 15 is 0 Å². The number of carbonyl (C=O) groups is 7. The van der Waals surface area contributed by atoms with Gasteiger partial charge in [-0.2, -0.15) is 0 Å². The largest absolute Gasteiger partial charge is 0.481 e. The van der Waals surface area contributed by atoms with Crippen LogP contribution in [0.4, 0.5) is 4.79 Å². The molecule has 0 fully saturated rings. The van der Waals surface area contributed by atoms with Crippen molar-refractivity contribution in [3.63, 3.8) is 0 Å². The number of rotatable bonds is 17. The van der Waals surface area contributed by atoms with E-state index in [1.54, 1.807) is 13.8 Å². The SMILES string of the molecule is CC(C)C(=O)[C@H](CCCNC(N)=O)NC(=O)C(CC(=O)O)NC(=O)CCCCCN1C(=O)C=CC1=O. The number of amides is 6. The first-order chi connectivity index (χ1) is 16.9. The Balaban J connectivity index is 2.59. The van der Waals surface area contributed by atoms with Crippen molar-refractivity contribution in [1.82, 2.24) is 20.9 Å². The monoisotopic (exact) mass is 509 g/mol. The summed E-state index contributed by atoms with van der Waals surface area (Å²) in [4.78, 5) is 83.8. The number of nitrogens with one attached hydrogen (secondary N) is 3. The lowest BCUT2D eigenvalue weighted by atomic mass is 9.97. The smallest absolute Gasteiger partial charge is 0.312 e. The van der Waals surface area contributed by atoms with Crippen LogP contribution in [0.25, 0.3) is 0 Å². The Kier molecular flexibility index (Phi) is 12.8. The molecule has 6 N–H and O–H groups in total. The normalized spacial score (nSPS) is 14.5. The van der Waals surface area contributed by atoms with E-state index in [1.165, 1.54) is 12.2 Å². The van der Waals surface area contributed by atoms with Crippen LogP contribution >= 0.6 is 0 Å². The summed E-state index contributed by atoms with van der Waals surface area (Å²) in [6.45, 7) is 3.74. The lowest BCUT2D eigenvalue weighted by Gasteiger charge is -2.23. The zero-order valence-electron chi connectivity index (χ0n) is 20.6. The molecule has 0 aromatic carbocycles. The third kappa shape index (κ3) is 11.1. The zero-order chi connectivity index (χ0) is 27.3. The summed E-state index contributed by atoms with van der Waals surface area (Å²) in [5.74, 6) is -4.07. The molecule has 0 aromatic rings. The zero-order valence-corrected chi connectivity index (χ0v) is 20.6. The number of carboxylic acids is 1. The number of nitrogens with two attached hydrogens (primary N) is 1. The Morgan fingerprint density at radius 3 is 2.14 bits per heavy atom. The molecule has 36 heavy (non-hydrogen) atoms. The number of Topliss-reactive ketones (excluding diaryl/α,β-unsaturated/α-hetero) is 1. The number of aliphatic carboxylic acids is 1. The average Bonchev–Trinajstić information content (AvgIpc) is 3.11. The van der Waals surface area contributed by atoms with Gasteiger partial charge in [-0.25, -0.2) is 4.79 Å². The molecule has 1 aliphatic rings. The first-order valence-electron chi connectivity index (χ1n) is 11.8. The van der Waals surface area contributed by atoms with Crippen molar-refractivity contribution in [3.8, 4) is 0 Å². The van der Waals surface area contributed by atoms with Crippen LogP contribution in [0.1, 0.15) is 58.8 Å². The second-order valence-electron chi connectivity index (χ2n) is 8.74. The fraction of sp³-hybridized carbons (Fsp3) is 0.609. The second-order valence-corrected chi connectivity index (χ2v) is 8.74. The molecule has 0 aromatic heterocycles. The van der Waals surface area contributed by atoms with Gasteiger partial charge in [0.05, 0.1) is 12.5 Å². The summed E-state index contributed by atoms with van der Waals surface area (Å²) < 4.78 is 0. The molecular weight excluding hydrogens is 474 g/mol. The minimum atomic E-state index is -1.38. The summed E-state index contributed by atoms with van der Waals surface area (Å²) in [6.07, 6.45) is 3.69. The molecule has 1 unspecified atom stereocenters. The molecule has 13 nitrogen and oxygen atoms in total. The third-order valence-corrected chi connectivity index (χ3v) is 5.41. The fourth-order valence-electron chi connectivity index (χ4n) is 3.51. The van der Waals surface area contributed by atoms with Crippen molar-refractivity contribution >= 4 is 41.4 Å².